The van der Waals surface area contributed by atoms with E-state index in [1.165, 1.54) is 27.4 Å². The summed E-state index contributed by atoms with van der Waals surface area (Å²) in [5.74, 6) is -2.48. The summed E-state index contributed by atoms with van der Waals surface area (Å²) in [7, 11) is 4.11. The number of amides is 1. The first-order valence-electron chi connectivity index (χ1n) is 6.36. The van der Waals surface area contributed by atoms with Crippen molar-refractivity contribution in [1.29, 1.82) is 0 Å². The minimum atomic E-state index is -1.20. The maximum absolute atomic E-state index is 14.1. The van der Waals surface area contributed by atoms with E-state index < -0.39 is 24.2 Å². The third-order valence-corrected chi connectivity index (χ3v) is 2.88. The van der Waals surface area contributed by atoms with Gasteiger partial charge in [0, 0.05) is 19.7 Å². The average molecular weight is 315 g/mol. The molecule has 0 aliphatic carbocycles. The summed E-state index contributed by atoms with van der Waals surface area (Å²) in [6.07, 6.45) is 0. The van der Waals surface area contributed by atoms with Crippen molar-refractivity contribution < 1.29 is 33.3 Å². The van der Waals surface area contributed by atoms with E-state index in [4.69, 9.17) is 19.3 Å². The molecule has 0 radical (unpaired) electrons. The van der Waals surface area contributed by atoms with Gasteiger partial charge in [-0.2, -0.15) is 0 Å². The third kappa shape index (κ3) is 4.32. The van der Waals surface area contributed by atoms with Gasteiger partial charge in [-0.3, -0.25) is 9.59 Å². The SMILES string of the molecule is COCCN(CC(=O)O)C(=O)c1cc(OC)c(OC)cc1F. The van der Waals surface area contributed by atoms with Crippen LogP contribution in [0.2, 0.25) is 0 Å². The van der Waals surface area contributed by atoms with Crippen LogP contribution in [0.3, 0.4) is 0 Å². The van der Waals surface area contributed by atoms with Crippen molar-refractivity contribution in [2.24, 2.45) is 0 Å². The molecule has 0 saturated carbocycles. The summed E-state index contributed by atoms with van der Waals surface area (Å²) in [5, 5.41) is 8.86. The van der Waals surface area contributed by atoms with E-state index in [-0.39, 0.29) is 30.2 Å². The molecule has 7 nitrogen and oxygen atoms in total. The van der Waals surface area contributed by atoms with Gasteiger partial charge < -0.3 is 24.2 Å². The minimum Gasteiger partial charge on any atom is -0.493 e. The number of ether oxygens (including phenoxy) is 3. The standard InChI is InChI=1S/C14H18FNO6/c1-20-5-4-16(8-13(17)18)14(19)9-6-11(21-2)12(22-3)7-10(9)15/h6-7H,4-5,8H2,1-3H3,(H,17,18). The normalized spacial score (nSPS) is 10.2. The molecule has 0 saturated heterocycles. The molecule has 0 aliphatic rings. The van der Waals surface area contributed by atoms with Crippen LogP contribution in [-0.4, -0.2) is 62.9 Å². The van der Waals surface area contributed by atoms with E-state index in [0.29, 0.717) is 0 Å². The summed E-state index contributed by atoms with van der Waals surface area (Å²) in [6.45, 7) is -0.403. The first-order valence-corrected chi connectivity index (χ1v) is 6.36. The lowest BCUT2D eigenvalue weighted by atomic mass is 10.1. The Kier molecular flexibility index (Phi) is 6.58. The Bertz CT molecular complexity index is 548. The fourth-order valence-electron chi connectivity index (χ4n) is 1.81. The average Bonchev–Trinajstić information content (AvgIpc) is 2.49. The predicted molar refractivity (Wildman–Crippen MR) is 74.9 cm³/mol. The summed E-state index contributed by atoms with van der Waals surface area (Å²) in [6, 6.07) is 2.19. The van der Waals surface area contributed by atoms with Crippen LogP contribution in [0, 0.1) is 5.82 Å². The molecule has 1 amide bonds. The van der Waals surface area contributed by atoms with Gasteiger partial charge in [0.15, 0.2) is 11.5 Å². The zero-order valence-corrected chi connectivity index (χ0v) is 12.6. The molecule has 22 heavy (non-hydrogen) atoms. The third-order valence-electron chi connectivity index (χ3n) is 2.88. The number of halogens is 1. The van der Waals surface area contributed by atoms with Crippen molar-refractivity contribution in [2.45, 2.75) is 0 Å². The number of aliphatic carboxylic acids is 1. The topological polar surface area (TPSA) is 85.3 Å². The minimum absolute atomic E-state index is 0.0232. The number of carboxylic acids is 1. The molecule has 8 heteroatoms. The van der Waals surface area contributed by atoms with E-state index >= 15 is 0 Å². The number of hydrogen-bond acceptors (Lipinski definition) is 5. The van der Waals surface area contributed by atoms with Gasteiger partial charge in [0.1, 0.15) is 12.4 Å². The fraction of sp³-hybridized carbons (Fsp3) is 0.429. The molecule has 1 aromatic rings. The monoisotopic (exact) mass is 315 g/mol. The van der Waals surface area contributed by atoms with E-state index in [9.17, 15) is 14.0 Å². The molecule has 0 fully saturated rings. The van der Waals surface area contributed by atoms with Gasteiger partial charge in [0.05, 0.1) is 26.4 Å². The Morgan fingerprint density at radius 2 is 1.77 bits per heavy atom. The van der Waals surface area contributed by atoms with Gasteiger partial charge in [-0.05, 0) is 6.07 Å². The molecule has 0 unspecified atom stereocenters. The molecule has 0 heterocycles. The zero-order valence-electron chi connectivity index (χ0n) is 12.6. The highest BCUT2D eigenvalue weighted by atomic mass is 19.1. The number of nitrogens with zero attached hydrogens (tertiary/aromatic N) is 1. The van der Waals surface area contributed by atoms with Crippen LogP contribution in [0.25, 0.3) is 0 Å². The number of hydrogen-bond donors (Lipinski definition) is 1. The van der Waals surface area contributed by atoms with Gasteiger partial charge in [0.25, 0.3) is 5.91 Å². The highest BCUT2D eigenvalue weighted by Gasteiger charge is 2.23. The summed E-state index contributed by atoms with van der Waals surface area (Å²) >= 11 is 0. The van der Waals surface area contributed by atoms with Gasteiger partial charge in [-0.15, -0.1) is 0 Å². The molecule has 1 rings (SSSR count). The summed E-state index contributed by atoms with van der Waals surface area (Å²) in [5.41, 5.74) is -0.296. The number of carbonyl (C=O) groups is 2. The quantitative estimate of drug-likeness (QED) is 0.771. The van der Waals surface area contributed by atoms with Crippen LogP contribution in [0.1, 0.15) is 10.4 Å². The second-order valence-electron chi connectivity index (χ2n) is 4.30. The lowest BCUT2D eigenvalue weighted by molar-refractivity contribution is -0.137. The Labute approximate surface area is 127 Å². The Morgan fingerprint density at radius 1 is 1.18 bits per heavy atom. The van der Waals surface area contributed by atoms with Crippen molar-refractivity contribution in [2.75, 3.05) is 41.0 Å². The molecule has 0 atom stereocenters. The van der Waals surface area contributed by atoms with Crippen LogP contribution >= 0.6 is 0 Å². The van der Waals surface area contributed by atoms with Crippen molar-refractivity contribution in [3.05, 3.63) is 23.5 Å². The lowest BCUT2D eigenvalue weighted by Crippen LogP contribution is -2.38. The fourth-order valence-corrected chi connectivity index (χ4v) is 1.81. The summed E-state index contributed by atoms with van der Waals surface area (Å²) < 4.78 is 28.8. The van der Waals surface area contributed by atoms with Crippen molar-refractivity contribution in [3.8, 4) is 11.5 Å². The number of benzene rings is 1. The zero-order chi connectivity index (χ0) is 16.7. The van der Waals surface area contributed by atoms with Crippen molar-refractivity contribution >= 4 is 11.9 Å². The number of carboxylic acid groups (broad SMARTS) is 1. The molecule has 1 aromatic carbocycles. The molecule has 0 bridgehead atoms. The van der Waals surface area contributed by atoms with Gasteiger partial charge in [0.2, 0.25) is 0 Å². The first kappa shape index (κ1) is 17.7. The van der Waals surface area contributed by atoms with Gasteiger partial charge >= 0.3 is 5.97 Å². The molecular formula is C14H18FNO6. The molecule has 0 aliphatic heterocycles. The van der Waals surface area contributed by atoms with E-state index in [1.54, 1.807) is 0 Å². The maximum Gasteiger partial charge on any atom is 0.323 e. The maximum atomic E-state index is 14.1. The molecule has 0 spiro atoms. The van der Waals surface area contributed by atoms with Crippen LogP contribution < -0.4 is 9.47 Å². The van der Waals surface area contributed by atoms with E-state index in [2.05, 4.69) is 0 Å². The lowest BCUT2D eigenvalue weighted by Gasteiger charge is -2.21. The predicted octanol–water partition coefficient (Wildman–Crippen LogP) is 1.02. The van der Waals surface area contributed by atoms with Crippen molar-refractivity contribution in [1.82, 2.24) is 4.90 Å². The van der Waals surface area contributed by atoms with E-state index in [1.807, 2.05) is 0 Å². The summed E-state index contributed by atoms with van der Waals surface area (Å²) in [4.78, 5) is 24.2. The molecule has 122 valence electrons. The Hall–Kier alpha value is -2.35. The second-order valence-corrected chi connectivity index (χ2v) is 4.30. The highest BCUT2D eigenvalue weighted by Crippen LogP contribution is 2.30. The Balaban J connectivity index is 3.14. The van der Waals surface area contributed by atoms with Crippen LogP contribution in [0.5, 0.6) is 11.5 Å². The van der Waals surface area contributed by atoms with Crippen LogP contribution in [0.4, 0.5) is 4.39 Å². The van der Waals surface area contributed by atoms with Crippen molar-refractivity contribution in [3.63, 3.8) is 0 Å². The van der Waals surface area contributed by atoms with Crippen LogP contribution in [0.15, 0.2) is 12.1 Å². The second kappa shape index (κ2) is 8.18. The smallest absolute Gasteiger partial charge is 0.323 e. The number of rotatable bonds is 8. The van der Waals surface area contributed by atoms with E-state index in [0.717, 1.165) is 11.0 Å². The van der Waals surface area contributed by atoms with Gasteiger partial charge in [-0.1, -0.05) is 0 Å². The largest absolute Gasteiger partial charge is 0.493 e. The first-order chi connectivity index (χ1) is 10.4. The highest BCUT2D eigenvalue weighted by molar-refractivity contribution is 5.96. The molecular weight excluding hydrogens is 297 g/mol. The van der Waals surface area contributed by atoms with Crippen LogP contribution in [-0.2, 0) is 9.53 Å². The molecule has 1 N–H and O–H groups in total. The molecule has 0 aromatic heterocycles. The number of carbonyl (C=O) groups excluding carboxylic acids is 1. The number of methoxy groups -OCH3 is 3. The Morgan fingerprint density at radius 3 is 2.27 bits per heavy atom. The van der Waals surface area contributed by atoms with Gasteiger partial charge in [-0.25, -0.2) is 4.39 Å².